The number of ether oxygens (including phenoxy) is 1. The van der Waals surface area contributed by atoms with Gasteiger partial charge in [0, 0.05) is 11.8 Å². The Hall–Kier alpha value is -1.20. The summed E-state index contributed by atoms with van der Waals surface area (Å²) in [4.78, 5) is 11.8. The molecule has 2 atom stereocenters. The first-order chi connectivity index (χ1) is 8.70. The molecular weight excluding hydrogens is 250 g/mol. The summed E-state index contributed by atoms with van der Waals surface area (Å²) in [5, 5.41) is 12.6. The van der Waals surface area contributed by atoms with Crippen molar-refractivity contribution in [3.63, 3.8) is 0 Å². The summed E-state index contributed by atoms with van der Waals surface area (Å²) in [5.41, 5.74) is 0.816. The number of thioether (sulfide) groups is 1. The fourth-order valence-corrected chi connectivity index (χ4v) is 3.15. The summed E-state index contributed by atoms with van der Waals surface area (Å²) in [6.45, 7) is 0. The van der Waals surface area contributed by atoms with E-state index in [1.807, 2.05) is 11.8 Å². The molecule has 0 amide bonds. The minimum atomic E-state index is -0.459. The van der Waals surface area contributed by atoms with Crippen molar-refractivity contribution in [2.24, 2.45) is 0 Å². The number of methoxy groups -OCH3 is 1. The Morgan fingerprint density at radius 3 is 2.78 bits per heavy atom. The number of phenolic OH excluding ortho intramolecular Hbond substituents is 1. The van der Waals surface area contributed by atoms with Gasteiger partial charge in [0.2, 0.25) is 0 Å². The minimum absolute atomic E-state index is 0.193. The van der Waals surface area contributed by atoms with Gasteiger partial charge in [-0.15, -0.1) is 0 Å². The number of nitrogens with one attached hydrogen (secondary N) is 1. The molecule has 0 saturated carbocycles. The molecule has 18 heavy (non-hydrogen) atoms. The molecule has 0 bridgehead atoms. The maximum Gasteiger partial charge on any atom is 0.327 e. The fourth-order valence-electron chi connectivity index (χ4n) is 1.99. The zero-order valence-corrected chi connectivity index (χ0v) is 11.1. The second kappa shape index (κ2) is 6.11. The van der Waals surface area contributed by atoms with Gasteiger partial charge in [-0.05, 0) is 29.9 Å². The zero-order chi connectivity index (χ0) is 13.0. The van der Waals surface area contributed by atoms with Crippen LogP contribution >= 0.6 is 11.8 Å². The molecule has 4 nitrogen and oxygen atoms in total. The van der Waals surface area contributed by atoms with Crippen LogP contribution in [0.25, 0.3) is 0 Å². The summed E-state index contributed by atoms with van der Waals surface area (Å²) in [5.74, 6) is 2.04. The van der Waals surface area contributed by atoms with E-state index in [2.05, 4.69) is 5.32 Å². The maximum atomic E-state index is 11.8. The Morgan fingerprint density at radius 1 is 1.50 bits per heavy atom. The van der Waals surface area contributed by atoms with E-state index in [1.54, 1.807) is 24.3 Å². The highest BCUT2D eigenvalue weighted by Crippen LogP contribution is 2.23. The number of carbonyl (C=O) groups is 1. The highest BCUT2D eigenvalue weighted by molar-refractivity contribution is 7.99. The van der Waals surface area contributed by atoms with Gasteiger partial charge in [-0.2, -0.15) is 11.8 Å². The molecule has 2 N–H and O–H groups in total. The predicted molar refractivity (Wildman–Crippen MR) is 71.7 cm³/mol. The van der Waals surface area contributed by atoms with Gasteiger partial charge < -0.3 is 9.84 Å². The lowest BCUT2D eigenvalue weighted by Crippen LogP contribution is -2.37. The van der Waals surface area contributed by atoms with Gasteiger partial charge in [-0.3, -0.25) is 5.32 Å². The third-order valence-electron chi connectivity index (χ3n) is 3.00. The van der Waals surface area contributed by atoms with E-state index in [-0.39, 0.29) is 11.7 Å². The van der Waals surface area contributed by atoms with E-state index in [4.69, 9.17) is 4.74 Å². The number of phenols is 1. The SMILES string of the molecule is COC(=O)C(NC1CCSC1)c1ccc(O)cc1. The first-order valence-corrected chi connectivity index (χ1v) is 7.06. The predicted octanol–water partition coefficient (Wildman–Crippen LogP) is 1.70. The average Bonchev–Trinajstić information content (AvgIpc) is 2.89. The Bertz CT molecular complexity index is 401. The highest BCUT2D eigenvalue weighted by Gasteiger charge is 2.26. The zero-order valence-electron chi connectivity index (χ0n) is 10.3. The molecule has 1 aliphatic rings. The van der Waals surface area contributed by atoms with Gasteiger partial charge in [0.1, 0.15) is 11.8 Å². The van der Waals surface area contributed by atoms with Crippen molar-refractivity contribution in [1.29, 1.82) is 0 Å². The van der Waals surface area contributed by atoms with E-state index < -0.39 is 6.04 Å². The topological polar surface area (TPSA) is 58.6 Å². The Morgan fingerprint density at radius 2 is 2.22 bits per heavy atom. The molecule has 2 rings (SSSR count). The standard InChI is InChI=1S/C13H17NO3S/c1-17-13(16)12(14-10-6-7-18-8-10)9-2-4-11(15)5-3-9/h2-5,10,12,14-15H,6-8H2,1H3. The van der Waals surface area contributed by atoms with E-state index in [1.165, 1.54) is 7.11 Å². The van der Waals surface area contributed by atoms with E-state index in [0.717, 1.165) is 23.5 Å². The molecule has 0 aliphatic carbocycles. The summed E-state index contributed by atoms with van der Waals surface area (Å²) in [6.07, 6.45) is 1.07. The minimum Gasteiger partial charge on any atom is -0.508 e. The summed E-state index contributed by atoms with van der Waals surface area (Å²) >= 11 is 1.89. The Labute approximate surface area is 111 Å². The summed E-state index contributed by atoms with van der Waals surface area (Å²) < 4.78 is 4.84. The van der Waals surface area contributed by atoms with E-state index >= 15 is 0 Å². The molecule has 0 spiro atoms. The molecule has 1 aromatic rings. The highest BCUT2D eigenvalue weighted by atomic mass is 32.2. The monoisotopic (exact) mass is 267 g/mol. The number of aromatic hydroxyl groups is 1. The van der Waals surface area contributed by atoms with Crippen molar-refractivity contribution >= 4 is 17.7 Å². The van der Waals surface area contributed by atoms with Crippen LogP contribution in [-0.2, 0) is 9.53 Å². The third-order valence-corrected chi connectivity index (χ3v) is 4.16. The molecular formula is C13H17NO3S. The average molecular weight is 267 g/mol. The Kier molecular flexibility index (Phi) is 4.49. The van der Waals surface area contributed by atoms with Crippen molar-refractivity contribution in [3.8, 4) is 5.75 Å². The number of esters is 1. The van der Waals surface area contributed by atoms with Gasteiger partial charge in [0.25, 0.3) is 0 Å². The van der Waals surface area contributed by atoms with Gasteiger partial charge in [0.05, 0.1) is 7.11 Å². The smallest absolute Gasteiger partial charge is 0.327 e. The molecule has 1 aromatic carbocycles. The van der Waals surface area contributed by atoms with Crippen LogP contribution < -0.4 is 5.32 Å². The van der Waals surface area contributed by atoms with Crippen LogP contribution in [0.3, 0.4) is 0 Å². The van der Waals surface area contributed by atoms with Gasteiger partial charge in [0.15, 0.2) is 0 Å². The first kappa shape index (κ1) is 13.2. The van der Waals surface area contributed by atoms with E-state index in [0.29, 0.717) is 6.04 Å². The van der Waals surface area contributed by atoms with Crippen LogP contribution in [0.5, 0.6) is 5.75 Å². The summed E-state index contributed by atoms with van der Waals surface area (Å²) in [7, 11) is 1.39. The van der Waals surface area contributed by atoms with Gasteiger partial charge in [-0.1, -0.05) is 12.1 Å². The number of rotatable bonds is 4. The van der Waals surface area contributed by atoms with Crippen LogP contribution in [0.1, 0.15) is 18.0 Å². The van der Waals surface area contributed by atoms with Crippen molar-refractivity contribution in [3.05, 3.63) is 29.8 Å². The molecule has 1 fully saturated rings. The fraction of sp³-hybridized carbons (Fsp3) is 0.462. The first-order valence-electron chi connectivity index (χ1n) is 5.91. The third kappa shape index (κ3) is 3.17. The maximum absolute atomic E-state index is 11.8. The Balaban J connectivity index is 2.13. The lowest BCUT2D eigenvalue weighted by molar-refractivity contribution is -0.143. The van der Waals surface area contributed by atoms with Gasteiger partial charge >= 0.3 is 5.97 Å². The van der Waals surface area contributed by atoms with Crippen molar-refractivity contribution in [1.82, 2.24) is 5.32 Å². The lowest BCUT2D eigenvalue weighted by atomic mass is 10.1. The van der Waals surface area contributed by atoms with Crippen LogP contribution in [0.4, 0.5) is 0 Å². The van der Waals surface area contributed by atoms with Crippen LogP contribution in [0.15, 0.2) is 24.3 Å². The quantitative estimate of drug-likeness (QED) is 0.813. The molecule has 2 unspecified atom stereocenters. The molecule has 1 heterocycles. The van der Waals surface area contributed by atoms with E-state index in [9.17, 15) is 9.90 Å². The van der Waals surface area contributed by atoms with Crippen LogP contribution in [-0.4, -0.2) is 35.7 Å². The van der Waals surface area contributed by atoms with Crippen molar-refractivity contribution in [2.75, 3.05) is 18.6 Å². The van der Waals surface area contributed by atoms with Crippen LogP contribution in [0.2, 0.25) is 0 Å². The molecule has 1 aliphatic heterocycles. The van der Waals surface area contributed by atoms with Gasteiger partial charge in [-0.25, -0.2) is 4.79 Å². The van der Waals surface area contributed by atoms with Crippen molar-refractivity contribution in [2.45, 2.75) is 18.5 Å². The molecule has 1 saturated heterocycles. The van der Waals surface area contributed by atoms with Crippen LogP contribution in [0, 0.1) is 0 Å². The lowest BCUT2D eigenvalue weighted by Gasteiger charge is -2.20. The van der Waals surface area contributed by atoms with Crippen molar-refractivity contribution < 1.29 is 14.6 Å². The largest absolute Gasteiger partial charge is 0.508 e. The molecule has 98 valence electrons. The normalized spacial score (nSPS) is 20.6. The number of hydrogen-bond donors (Lipinski definition) is 2. The second-order valence-corrected chi connectivity index (χ2v) is 5.42. The number of carbonyl (C=O) groups excluding carboxylic acids is 1. The number of hydrogen-bond acceptors (Lipinski definition) is 5. The molecule has 0 aromatic heterocycles. The molecule has 0 radical (unpaired) electrons. The molecule has 5 heteroatoms. The second-order valence-electron chi connectivity index (χ2n) is 4.27. The number of benzene rings is 1. The summed E-state index contributed by atoms with van der Waals surface area (Å²) in [6, 6.07) is 6.53.